The summed E-state index contributed by atoms with van der Waals surface area (Å²) < 4.78 is 5.09. The van der Waals surface area contributed by atoms with Gasteiger partial charge in [0.1, 0.15) is 5.75 Å². The van der Waals surface area contributed by atoms with Gasteiger partial charge in [-0.05, 0) is 43.7 Å². The highest BCUT2D eigenvalue weighted by molar-refractivity contribution is 5.97. The minimum atomic E-state index is 0.140. The SMILES string of the molecule is COc1ccc(C(=O)CN(C)C(C)C(C)(C)C)cc1. The van der Waals surface area contributed by atoms with Gasteiger partial charge >= 0.3 is 0 Å². The van der Waals surface area contributed by atoms with Crippen molar-refractivity contribution in [3.05, 3.63) is 29.8 Å². The minimum Gasteiger partial charge on any atom is -0.497 e. The zero-order valence-electron chi connectivity index (χ0n) is 12.9. The molecular weight excluding hydrogens is 238 g/mol. The molecule has 0 amide bonds. The van der Waals surface area contributed by atoms with Crippen LogP contribution in [0.1, 0.15) is 38.1 Å². The summed E-state index contributed by atoms with van der Waals surface area (Å²) in [6.07, 6.45) is 0. The summed E-state index contributed by atoms with van der Waals surface area (Å²) >= 11 is 0. The Labute approximate surface area is 116 Å². The molecule has 0 N–H and O–H groups in total. The summed E-state index contributed by atoms with van der Waals surface area (Å²) in [6.45, 7) is 9.15. The second kappa shape index (κ2) is 6.20. The van der Waals surface area contributed by atoms with Crippen LogP contribution in [0, 0.1) is 5.41 Å². The molecule has 1 unspecified atom stereocenters. The molecule has 0 aliphatic rings. The number of methoxy groups -OCH3 is 1. The molecule has 0 aliphatic heterocycles. The third-order valence-electron chi connectivity index (χ3n) is 3.72. The van der Waals surface area contributed by atoms with Crippen LogP contribution < -0.4 is 4.74 Å². The van der Waals surface area contributed by atoms with Gasteiger partial charge in [0, 0.05) is 11.6 Å². The van der Waals surface area contributed by atoms with Crippen molar-refractivity contribution in [2.24, 2.45) is 5.41 Å². The van der Waals surface area contributed by atoms with Crippen LogP contribution in [0.3, 0.4) is 0 Å². The van der Waals surface area contributed by atoms with Gasteiger partial charge in [-0.1, -0.05) is 20.8 Å². The Balaban J connectivity index is 2.68. The zero-order chi connectivity index (χ0) is 14.6. The lowest BCUT2D eigenvalue weighted by Gasteiger charge is -2.34. The molecule has 0 heterocycles. The monoisotopic (exact) mass is 263 g/mol. The number of Topliss-reactive ketones (excluding diaryl/α,β-unsaturated/α-hetero) is 1. The number of benzene rings is 1. The Bertz CT molecular complexity index is 417. The molecule has 0 aliphatic carbocycles. The van der Waals surface area contributed by atoms with Gasteiger partial charge in [0.15, 0.2) is 5.78 Å². The maximum Gasteiger partial charge on any atom is 0.176 e. The summed E-state index contributed by atoms with van der Waals surface area (Å²) in [5, 5.41) is 0. The minimum absolute atomic E-state index is 0.140. The molecule has 3 heteroatoms. The van der Waals surface area contributed by atoms with Crippen LogP contribution in [-0.2, 0) is 0 Å². The average Bonchev–Trinajstić information content (AvgIpc) is 2.36. The molecular formula is C16H25NO2. The van der Waals surface area contributed by atoms with Gasteiger partial charge in [0.05, 0.1) is 13.7 Å². The second-order valence-corrected chi connectivity index (χ2v) is 6.11. The first-order chi connectivity index (χ1) is 8.75. The lowest BCUT2D eigenvalue weighted by atomic mass is 9.87. The predicted octanol–water partition coefficient (Wildman–Crippen LogP) is 3.24. The van der Waals surface area contributed by atoms with E-state index in [9.17, 15) is 4.79 Å². The highest BCUT2D eigenvalue weighted by atomic mass is 16.5. The van der Waals surface area contributed by atoms with Crippen LogP contribution in [0.25, 0.3) is 0 Å². The van der Waals surface area contributed by atoms with Crippen molar-refractivity contribution in [3.63, 3.8) is 0 Å². The van der Waals surface area contributed by atoms with Crippen LogP contribution in [-0.4, -0.2) is 37.4 Å². The molecule has 0 saturated carbocycles. The number of nitrogens with zero attached hydrogens (tertiary/aromatic N) is 1. The van der Waals surface area contributed by atoms with Crippen molar-refractivity contribution in [1.29, 1.82) is 0 Å². The molecule has 1 aromatic rings. The molecule has 3 nitrogen and oxygen atoms in total. The van der Waals surface area contributed by atoms with Gasteiger partial charge in [-0.25, -0.2) is 0 Å². The Morgan fingerprint density at radius 3 is 2.21 bits per heavy atom. The van der Waals surface area contributed by atoms with Crippen LogP contribution in [0.15, 0.2) is 24.3 Å². The molecule has 1 rings (SSSR count). The molecule has 0 spiro atoms. The standard InChI is InChI=1S/C16H25NO2/c1-12(16(2,3)4)17(5)11-15(18)13-7-9-14(19-6)10-8-13/h7-10,12H,11H2,1-6H3. The third kappa shape index (κ3) is 4.35. The number of carbonyl (C=O) groups excluding carboxylic acids is 1. The third-order valence-corrected chi connectivity index (χ3v) is 3.72. The molecule has 0 radical (unpaired) electrons. The lowest BCUT2D eigenvalue weighted by Crippen LogP contribution is -2.41. The van der Waals surface area contributed by atoms with Crippen LogP contribution >= 0.6 is 0 Å². The largest absolute Gasteiger partial charge is 0.497 e. The van der Waals surface area contributed by atoms with Crippen molar-refractivity contribution in [1.82, 2.24) is 4.90 Å². The summed E-state index contributed by atoms with van der Waals surface area (Å²) in [5.41, 5.74) is 0.892. The highest BCUT2D eigenvalue weighted by Crippen LogP contribution is 2.23. The molecule has 19 heavy (non-hydrogen) atoms. The fourth-order valence-electron chi connectivity index (χ4n) is 1.89. The van der Waals surface area contributed by atoms with Crippen molar-refractivity contribution >= 4 is 5.78 Å². The number of likely N-dealkylation sites (N-methyl/N-ethyl adjacent to an activating group) is 1. The Kier molecular flexibility index (Phi) is 5.12. The molecule has 0 saturated heterocycles. The lowest BCUT2D eigenvalue weighted by molar-refractivity contribution is 0.0853. The number of rotatable bonds is 5. The van der Waals surface area contributed by atoms with E-state index < -0.39 is 0 Å². The average molecular weight is 263 g/mol. The number of ketones is 1. The maximum absolute atomic E-state index is 12.2. The molecule has 0 fully saturated rings. The number of carbonyl (C=O) groups is 1. The fraction of sp³-hybridized carbons (Fsp3) is 0.562. The smallest absolute Gasteiger partial charge is 0.176 e. The van der Waals surface area contributed by atoms with Crippen LogP contribution in [0.5, 0.6) is 5.75 Å². The van der Waals surface area contributed by atoms with Crippen molar-refractivity contribution in [2.45, 2.75) is 33.7 Å². The maximum atomic E-state index is 12.2. The van der Waals surface area contributed by atoms with Crippen LogP contribution in [0.2, 0.25) is 0 Å². The summed E-state index contributed by atoms with van der Waals surface area (Å²) in [7, 11) is 3.62. The van der Waals surface area contributed by atoms with E-state index in [1.165, 1.54) is 0 Å². The van der Waals surface area contributed by atoms with Gasteiger partial charge < -0.3 is 4.74 Å². The van der Waals surface area contributed by atoms with Gasteiger partial charge in [-0.2, -0.15) is 0 Å². The molecule has 0 bridgehead atoms. The first kappa shape index (κ1) is 15.7. The van der Waals surface area contributed by atoms with E-state index >= 15 is 0 Å². The fourth-order valence-corrected chi connectivity index (χ4v) is 1.89. The first-order valence-electron chi connectivity index (χ1n) is 6.63. The van der Waals surface area contributed by atoms with Crippen molar-refractivity contribution < 1.29 is 9.53 Å². The van der Waals surface area contributed by atoms with Gasteiger partial charge in [-0.15, -0.1) is 0 Å². The van der Waals surface area contributed by atoms with Gasteiger partial charge in [0.2, 0.25) is 0 Å². The highest BCUT2D eigenvalue weighted by Gasteiger charge is 2.25. The number of hydrogen-bond donors (Lipinski definition) is 0. The molecule has 106 valence electrons. The Hall–Kier alpha value is -1.35. The Morgan fingerprint density at radius 1 is 1.26 bits per heavy atom. The van der Waals surface area contributed by atoms with Crippen molar-refractivity contribution in [2.75, 3.05) is 20.7 Å². The van der Waals surface area contributed by atoms with Gasteiger partial charge in [0.25, 0.3) is 0 Å². The van der Waals surface area contributed by atoms with E-state index in [0.29, 0.717) is 12.6 Å². The number of hydrogen-bond acceptors (Lipinski definition) is 3. The summed E-state index contributed by atoms with van der Waals surface area (Å²) in [4.78, 5) is 14.3. The van der Waals surface area contributed by atoms with E-state index in [0.717, 1.165) is 11.3 Å². The quantitative estimate of drug-likeness (QED) is 0.764. The van der Waals surface area contributed by atoms with Crippen molar-refractivity contribution in [3.8, 4) is 5.75 Å². The van der Waals surface area contributed by atoms with E-state index in [2.05, 4.69) is 32.6 Å². The molecule has 0 aromatic heterocycles. The topological polar surface area (TPSA) is 29.5 Å². The van der Waals surface area contributed by atoms with Gasteiger partial charge in [-0.3, -0.25) is 9.69 Å². The van der Waals surface area contributed by atoms with E-state index in [4.69, 9.17) is 4.74 Å². The first-order valence-corrected chi connectivity index (χ1v) is 6.63. The number of ether oxygens (including phenoxy) is 1. The van der Waals surface area contributed by atoms with E-state index in [1.807, 2.05) is 31.3 Å². The molecule has 1 aromatic carbocycles. The van der Waals surface area contributed by atoms with E-state index in [-0.39, 0.29) is 11.2 Å². The predicted molar refractivity (Wildman–Crippen MR) is 78.9 cm³/mol. The summed E-state index contributed by atoms with van der Waals surface area (Å²) in [5.74, 6) is 0.911. The van der Waals surface area contributed by atoms with E-state index in [1.54, 1.807) is 7.11 Å². The normalized spacial score (nSPS) is 13.4. The second-order valence-electron chi connectivity index (χ2n) is 6.11. The Morgan fingerprint density at radius 2 is 1.79 bits per heavy atom. The summed E-state index contributed by atoms with van der Waals surface area (Å²) in [6, 6.07) is 7.61. The van der Waals surface area contributed by atoms with Crippen LogP contribution in [0.4, 0.5) is 0 Å². The molecule has 1 atom stereocenters. The zero-order valence-corrected chi connectivity index (χ0v) is 12.9.